The summed E-state index contributed by atoms with van der Waals surface area (Å²) in [5.41, 5.74) is 2.47. The van der Waals surface area contributed by atoms with Gasteiger partial charge in [-0.2, -0.15) is 0 Å². The summed E-state index contributed by atoms with van der Waals surface area (Å²) in [6, 6.07) is 6.01. The molecule has 0 aliphatic heterocycles. The zero-order chi connectivity index (χ0) is 7.56. The van der Waals surface area contributed by atoms with Gasteiger partial charge in [0, 0.05) is 0 Å². The number of hydrogen-bond acceptors (Lipinski definition) is 1. The van der Waals surface area contributed by atoms with Crippen molar-refractivity contribution in [1.29, 1.82) is 0 Å². The van der Waals surface area contributed by atoms with Crippen molar-refractivity contribution < 1.29 is 4.52 Å². The molecule has 0 aliphatic rings. The molecule has 0 fully saturated rings. The Balaban J connectivity index is 3.14. The minimum Gasteiger partial charge on any atom is -0.480 e. The van der Waals surface area contributed by atoms with Crippen molar-refractivity contribution in [2.75, 3.05) is 0 Å². The smallest absolute Gasteiger partial charge is 0.125 e. The van der Waals surface area contributed by atoms with Crippen LogP contribution >= 0.6 is 9.47 Å². The Hall–Kier alpha value is -0.550. The summed E-state index contributed by atoms with van der Waals surface area (Å²) < 4.78 is 5.04. The van der Waals surface area contributed by atoms with Crippen LogP contribution in [0.25, 0.3) is 0 Å². The molecule has 0 aromatic heterocycles. The molecule has 2 heteroatoms. The monoisotopic (exact) mass is 154 g/mol. The second-order valence-corrected chi connectivity index (χ2v) is 2.55. The Bertz CT molecular complexity index is 233. The molecular formula is C8H11OP. The van der Waals surface area contributed by atoms with Gasteiger partial charge in [0.05, 0.1) is 9.47 Å². The molecule has 10 heavy (non-hydrogen) atoms. The van der Waals surface area contributed by atoms with Crippen LogP contribution in [0.5, 0.6) is 5.75 Å². The molecule has 1 nitrogen and oxygen atoms in total. The molecule has 0 saturated heterocycles. The van der Waals surface area contributed by atoms with Crippen LogP contribution in [0.2, 0.25) is 0 Å². The van der Waals surface area contributed by atoms with Crippen molar-refractivity contribution in [3.05, 3.63) is 29.3 Å². The van der Waals surface area contributed by atoms with E-state index in [2.05, 4.69) is 29.4 Å². The molecular weight excluding hydrogens is 143 g/mol. The molecule has 1 aromatic rings. The van der Waals surface area contributed by atoms with Gasteiger partial charge in [0.2, 0.25) is 0 Å². The lowest BCUT2D eigenvalue weighted by Crippen LogP contribution is -1.83. The van der Waals surface area contributed by atoms with Gasteiger partial charge in [0.25, 0.3) is 0 Å². The number of benzene rings is 1. The molecule has 1 unspecified atom stereocenters. The molecule has 1 rings (SSSR count). The van der Waals surface area contributed by atoms with Gasteiger partial charge in [-0.3, -0.25) is 0 Å². The van der Waals surface area contributed by atoms with Crippen LogP contribution in [-0.4, -0.2) is 0 Å². The van der Waals surface area contributed by atoms with Gasteiger partial charge in [0.1, 0.15) is 5.75 Å². The van der Waals surface area contributed by atoms with E-state index in [0.29, 0.717) is 0 Å². The number of hydrogen-bond donors (Lipinski definition) is 0. The first-order valence-electron chi connectivity index (χ1n) is 3.18. The van der Waals surface area contributed by atoms with Crippen molar-refractivity contribution in [2.45, 2.75) is 13.8 Å². The molecule has 1 atom stereocenters. The maximum absolute atomic E-state index is 5.04. The van der Waals surface area contributed by atoms with Gasteiger partial charge in [-0.25, -0.2) is 0 Å². The van der Waals surface area contributed by atoms with Gasteiger partial charge >= 0.3 is 0 Å². The van der Waals surface area contributed by atoms with Gasteiger partial charge in [-0.15, -0.1) is 0 Å². The minimum atomic E-state index is 0.935. The second-order valence-electron chi connectivity index (χ2n) is 2.32. The highest BCUT2D eigenvalue weighted by molar-refractivity contribution is 7.10. The van der Waals surface area contributed by atoms with Crippen LogP contribution in [0.15, 0.2) is 18.2 Å². The van der Waals surface area contributed by atoms with Crippen LogP contribution in [0, 0.1) is 13.8 Å². The van der Waals surface area contributed by atoms with Crippen LogP contribution in [-0.2, 0) is 0 Å². The van der Waals surface area contributed by atoms with Crippen LogP contribution < -0.4 is 4.52 Å². The Morgan fingerprint density at radius 3 is 2.50 bits per heavy atom. The third kappa shape index (κ3) is 1.30. The van der Waals surface area contributed by atoms with E-state index in [-0.39, 0.29) is 0 Å². The maximum atomic E-state index is 5.04. The lowest BCUT2D eigenvalue weighted by atomic mass is 10.1. The lowest BCUT2D eigenvalue weighted by Gasteiger charge is -2.04. The van der Waals surface area contributed by atoms with E-state index in [1.165, 1.54) is 11.1 Å². The first kappa shape index (κ1) is 7.56. The Labute approximate surface area is 63.7 Å². The predicted octanol–water partition coefficient (Wildman–Crippen LogP) is 2.47. The molecule has 0 heterocycles. The normalized spacial score (nSPS) is 9.50. The average molecular weight is 154 g/mol. The van der Waals surface area contributed by atoms with Gasteiger partial charge < -0.3 is 4.52 Å². The number of rotatable bonds is 1. The summed E-state index contributed by atoms with van der Waals surface area (Å²) in [6.07, 6.45) is 0. The van der Waals surface area contributed by atoms with Crippen LogP contribution in [0.4, 0.5) is 0 Å². The summed E-state index contributed by atoms with van der Waals surface area (Å²) in [6.45, 7) is 4.12. The van der Waals surface area contributed by atoms with Crippen molar-refractivity contribution >= 4 is 9.47 Å². The van der Waals surface area contributed by atoms with Crippen molar-refractivity contribution in [2.24, 2.45) is 0 Å². The summed E-state index contributed by atoms with van der Waals surface area (Å²) in [5.74, 6) is 0.935. The summed E-state index contributed by atoms with van der Waals surface area (Å²) in [5, 5.41) is 0. The van der Waals surface area contributed by atoms with E-state index >= 15 is 0 Å². The highest BCUT2D eigenvalue weighted by Crippen LogP contribution is 2.21. The van der Waals surface area contributed by atoms with E-state index in [4.69, 9.17) is 4.52 Å². The lowest BCUT2D eigenvalue weighted by molar-refractivity contribution is 0.638. The standard InChI is InChI=1S/C8H11OP/c1-6-4-3-5-8(9-10)7(6)2/h3-5H,10H2,1-2H3. The van der Waals surface area contributed by atoms with Gasteiger partial charge in [-0.05, 0) is 31.0 Å². The quantitative estimate of drug-likeness (QED) is 0.564. The van der Waals surface area contributed by atoms with E-state index in [1.54, 1.807) is 0 Å². The van der Waals surface area contributed by atoms with E-state index in [0.717, 1.165) is 5.75 Å². The van der Waals surface area contributed by atoms with Gasteiger partial charge in [0.15, 0.2) is 0 Å². The van der Waals surface area contributed by atoms with E-state index in [1.807, 2.05) is 12.1 Å². The summed E-state index contributed by atoms with van der Waals surface area (Å²) in [7, 11) is 2.25. The molecule has 0 N–H and O–H groups in total. The van der Waals surface area contributed by atoms with Crippen molar-refractivity contribution in [3.8, 4) is 5.75 Å². The molecule has 0 amide bonds. The molecule has 54 valence electrons. The third-order valence-electron chi connectivity index (χ3n) is 1.68. The summed E-state index contributed by atoms with van der Waals surface area (Å²) in [4.78, 5) is 0. The fourth-order valence-corrected chi connectivity index (χ4v) is 1.11. The maximum Gasteiger partial charge on any atom is 0.125 e. The van der Waals surface area contributed by atoms with E-state index < -0.39 is 0 Å². The predicted molar refractivity (Wildman–Crippen MR) is 46.3 cm³/mol. The molecule has 0 saturated carbocycles. The first-order valence-corrected chi connectivity index (χ1v) is 3.66. The fourth-order valence-electron chi connectivity index (χ4n) is 0.852. The van der Waals surface area contributed by atoms with Gasteiger partial charge in [-0.1, -0.05) is 12.1 Å². The highest BCUT2D eigenvalue weighted by atomic mass is 31.0. The molecule has 0 spiro atoms. The summed E-state index contributed by atoms with van der Waals surface area (Å²) >= 11 is 0. The van der Waals surface area contributed by atoms with Crippen LogP contribution in [0.1, 0.15) is 11.1 Å². The zero-order valence-corrected chi connectivity index (χ0v) is 7.37. The Morgan fingerprint density at radius 1 is 1.30 bits per heavy atom. The average Bonchev–Trinajstić information content (AvgIpc) is 1.95. The SMILES string of the molecule is Cc1cccc(OP)c1C. The Morgan fingerprint density at radius 2 is 2.00 bits per heavy atom. The van der Waals surface area contributed by atoms with Crippen LogP contribution in [0.3, 0.4) is 0 Å². The topological polar surface area (TPSA) is 9.23 Å². The number of aryl methyl sites for hydroxylation is 1. The van der Waals surface area contributed by atoms with E-state index in [9.17, 15) is 0 Å². The third-order valence-corrected chi connectivity index (χ3v) is 1.94. The van der Waals surface area contributed by atoms with Crippen molar-refractivity contribution in [1.82, 2.24) is 0 Å². The fraction of sp³-hybridized carbons (Fsp3) is 0.250. The first-order chi connectivity index (χ1) is 4.75. The highest BCUT2D eigenvalue weighted by Gasteiger charge is 1.97. The zero-order valence-electron chi connectivity index (χ0n) is 6.22. The minimum absolute atomic E-state index is 0.935. The second kappa shape index (κ2) is 3.03. The molecule has 0 radical (unpaired) electrons. The van der Waals surface area contributed by atoms with Crippen molar-refractivity contribution in [3.63, 3.8) is 0 Å². The molecule has 0 bridgehead atoms. The Kier molecular flexibility index (Phi) is 2.29. The largest absolute Gasteiger partial charge is 0.480 e. The molecule has 1 aromatic carbocycles. The molecule has 0 aliphatic carbocycles.